The Morgan fingerprint density at radius 1 is 1.06 bits per heavy atom. The molecular formula is C12H25NO3. The lowest BCUT2D eigenvalue weighted by Gasteiger charge is -2.36. The van der Waals surface area contributed by atoms with Crippen LogP contribution in [0, 0.1) is 0 Å². The summed E-state index contributed by atoms with van der Waals surface area (Å²) < 4.78 is 16.4. The first-order valence-corrected chi connectivity index (χ1v) is 6.38. The van der Waals surface area contributed by atoms with E-state index < -0.39 is 0 Å². The molecule has 0 bridgehead atoms. The van der Waals surface area contributed by atoms with E-state index in [-0.39, 0.29) is 6.29 Å². The lowest BCUT2D eigenvalue weighted by molar-refractivity contribution is -0.136. The number of ether oxygens (including phenoxy) is 3. The zero-order chi connectivity index (χ0) is 11.8. The van der Waals surface area contributed by atoms with Crippen molar-refractivity contribution in [2.75, 3.05) is 26.4 Å². The largest absolute Gasteiger partial charge is 0.378 e. The van der Waals surface area contributed by atoms with Gasteiger partial charge in [0.05, 0.1) is 6.10 Å². The number of hydrogen-bond acceptors (Lipinski definition) is 4. The Morgan fingerprint density at radius 2 is 1.69 bits per heavy atom. The highest BCUT2D eigenvalue weighted by molar-refractivity contribution is 4.86. The fourth-order valence-electron chi connectivity index (χ4n) is 1.90. The maximum Gasteiger partial charge on any atom is 0.169 e. The lowest BCUT2D eigenvalue weighted by atomic mass is 9.89. The van der Waals surface area contributed by atoms with Crippen molar-refractivity contribution in [3.05, 3.63) is 0 Å². The van der Waals surface area contributed by atoms with Crippen LogP contribution in [0.15, 0.2) is 0 Å². The zero-order valence-electron chi connectivity index (χ0n) is 10.7. The Bertz CT molecular complexity index is 166. The molecule has 0 aromatic heterocycles. The second kappa shape index (κ2) is 8.01. The predicted molar refractivity (Wildman–Crippen MR) is 63.5 cm³/mol. The molecular weight excluding hydrogens is 206 g/mol. The van der Waals surface area contributed by atoms with Crippen molar-refractivity contribution in [2.24, 2.45) is 0 Å². The molecule has 0 radical (unpaired) electrons. The normalized spacial score (nSPS) is 24.8. The Labute approximate surface area is 98.6 Å². The van der Waals surface area contributed by atoms with Crippen molar-refractivity contribution < 1.29 is 14.2 Å². The first-order chi connectivity index (χ1) is 7.80. The third-order valence-corrected chi connectivity index (χ3v) is 2.78. The SMILES string of the molecule is CCOC1CC(NCC(OCC)OCC)C1. The van der Waals surface area contributed by atoms with E-state index in [9.17, 15) is 0 Å². The summed E-state index contributed by atoms with van der Waals surface area (Å²) >= 11 is 0. The summed E-state index contributed by atoms with van der Waals surface area (Å²) in [6.45, 7) is 8.99. The molecule has 1 N–H and O–H groups in total. The molecule has 0 atom stereocenters. The summed E-state index contributed by atoms with van der Waals surface area (Å²) in [6.07, 6.45) is 2.57. The highest BCUT2D eigenvalue weighted by Gasteiger charge is 2.29. The van der Waals surface area contributed by atoms with Crippen LogP contribution in [-0.2, 0) is 14.2 Å². The Morgan fingerprint density at radius 3 is 2.19 bits per heavy atom. The molecule has 1 aliphatic rings. The molecule has 0 saturated heterocycles. The molecule has 1 fully saturated rings. The molecule has 0 aromatic carbocycles. The van der Waals surface area contributed by atoms with E-state index in [4.69, 9.17) is 14.2 Å². The minimum atomic E-state index is -0.110. The highest BCUT2D eigenvalue weighted by atomic mass is 16.7. The van der Waals surface area contributed by atoms with Crippen LogP contribution in [0.3, 0.4) is 0 Å². The van der Waals surface area contributed by atoms with Crippen molar-refractivity contribution in [2.45, 2.75) is 52.0 Å². The van der Waals surface area contributed by atoms with Crippen LogP contribution in [0.4, 0.5) is 0 Å². The third-order valence-electron chi connectivity index (χ3n) is 2.78. The fourth-order valence-corrected chi connectivity index (χ4v) is 1.90. The maximum atomic E-state index is 5.51. The van der Waals surface area contributed by atoms with Crippen LogP contribution in [0.25, 0.3) is 0 Å². The molecule has 96 valence electrons. The van der Waals surface area contributed by atoms with Crippen LogP contribution < -0.4 is 5.32 Å². The summed E-state index contributed by atoms with van der Waals surface area (Å²) in [6, 6.07) is 0.569. The van der Waals surface area contributed by atoms with Gasteiger partial charge in [-0.3, -0.25) is 0 Å². The molecule has 1 rings (SSSR count). The summed E-state index contributed by atoms with van der Waals surface area (Å²) in [5.74, 6) is 0. The summed E-state index contributed by atoms with van der Waals surface area (Å²) in [4.78, 5) is 0. The van der Waals surface area contributed by atoms with Gasteiger partial charge in [0.1, 0.15) is 0 Å². The monoisotopic (exact) mass is 231 g/mol. The number of rotatable bonds is 9. The maximum absolute atomic E-state index is 5.51. The number of nitrogens with one attached hydrogen (secondary N) is 1. The fraction of sp³-hybridized carbons (Fsp3) is 1.00. The zero-order valence-corrected chi connectivity index (χ0v) is 10.7. The van der Waals surface area contributed by atoms with E-state index in [1.807, 2.05) is 20.8 Å². The molecule has 0 spiro atoms. The van der Waals surface area contributed by atoms with Gasteiger partial charge in [-0.15, -0.1) is 0 Å². The molecule has 0 heterocycles. The average Bonchev–Trinajstić information content (AvgIpc) is 2.21. The van der Waals surface area contributed by atoms with Gasteiger partial charge in [-0.05, 0) is 33.6 Å². The quantitative estimate of drug-likeness (QED) is 0.611. The van der Waals surface area contributed by atoms with E-state index >= 15 is 0 Å². The molecule has 0 aromatic rings. The minimum absolute atomic E-state index is 0.110. The first kappa shape index (κ1) is 13.9. The van der Waals surface area contributed by atoms with Gasteiger partial charge in [-0.2, -0.15) is 0 Å². The van der Waals surface area contributed by atoms with Gasteiger partial charge in [-0.1, -0.05) is 0 Å². The van der Waals surface area contributed by atoms with Gasteiger partial charge in [0.25, 0.3) is 0 Å². The van der Waals surface area contributed by atoms with Crippen molar-refractivity contribution in [3.63, 3.8) is 0 Å². The molecule has 4 nitrogen and oxygen atoms in total. The molecule has 1 aliphatic carbocycles. The standard InChI is InChI=1S/C12H25NO3/c1-4-14-11-7-10(8-11)13-9-12(15-5-2)16-6-3/h10-13H,4-9H2,1-3H3. The van der Waals surface area contributed by atoms with E-state index in [0.29, 0.717) is 25.4 Å². The Balaban J connectivity index is 2.05. The summed E-state index contributed by atoms with van der Waals surface area (Å²) in [5.41, 5.74) is 0. The Hall–Kier alpha value is -0.160. The van der Waals surface area contributed by atoms with Gasteiger partial charge in [0, 0.05) is 32.4 Å². The smallest absolute Gasteiger partial charge is 0.169 e. The molecule has 0 amide bonds. The van der Waals surface area contributed by atoms with E-state index in [0.717, 1.165) is 26.0 Å². The minimum Gasteiger partial charge on any atom is -0.378 e. The van der Waals surface area contributed by atoms with E-state index in [2.05, 4.69) is 5.32 Å². The predicted octanol–water partition coefficient (Wildman–Crippen LogP) is 1.54. The van der Waals surface area contributed by atoms with Gasteiger partial charge < -0.3 is 19.5 Å². The molecule has 4 heteroatoms. The molecule has 0 aliphatic heterocycles. The molecule has 1 saturated carbocycles. The summed E-state index contributed by atoms with van der Waals surface area (Å²) in [5, 5.41) is 3.45. The highest BCUT2D eigenvalue weighted by Crippen LogP contribution is 2.23. The van der Waals surface area contributed by atoms with Crippen LogP contribution in [0.5, 0.6) is 0 Å². The van der Waals surface area contributed by atoms with Crippen LogP contribution >= 0.6 is 0 Å². The van der Waals surface area contributed by atoms with Crippen LogP contribution in [0.2, 0.25) is 0 Å². The topological polar surface area (TPSA) is 39.7 Å². The molecule has 16 heavy (non-hydrogen) atoms. The lowest BCUT2D eigenvalue weighted by Crippen LogP contribution is -2.48. The third kappa shape index (κ3) is 4.78. The van der Waals surface area contributed by atoms with Crippen LogP contribution in [0.1, 0.15) is 33.6 Å². The van der Waals surface area contributed by atoms with Gasteiger partial charge in [-0.25, -0.2) is 0 Å². The first-order valence-electron chi connectivity index (χ1n) is 6.38. The van der Waals surface area contributed by atoms with Crippen LogP contribution in [-0.4, -0.2) is 44.8 Å². The van der Waals surface area contributed by atoms with Crippen molar-refractivity contribution in [3.8, 4) is 0 Å². The van der Waals surface area contributed by atoms with Crippen molar-refractivity contribution in [1.29, 1.82) is 0 Å². The number of hydrogen-bond donors (Lipinski definition) is 1. The average molecular weight is 231 g/mol. The van der Waals surface area contributed by atoms with Gasteiger partial charge in [0.2, 0.25) is 0 Å². The van der Waals surface area contributed by atoms with Crippen molar-refractivity contribution in [1.82, 2.24) is 5.32 Å². The Kier molecular flexibility index (Phi) is 6.96. The molecule has 0 unspecified atom stereocenters. The van der Waals surface area contributed by atoms with Gasteiger partial charge >= 0.3 is 0 Å². The summed E-state index contributed by atoms with van der Waals surface area (Å²) in [7, 11) is 0. The van der Waals surface area contributed by atoms with E-state index in [1.165, 1.54) is 0 Å². The van der Waals surface area contributed by atoms with E-state index in [1.54, 1.807) is 0 Å². The second-order valence-corrected chi connectivity index (χ2v) is 3.99. The second-order valence-electron chi connectivity index (χ2n) is 3.99. The van der Waals surface area contributed by atoms with Crippen molar-refractivity contribution >= 4 is 0 Å². The van der Waals surface area contributed by atoms with Gasteiger partial charge in [0.15, 0.2) is 6.29 Å².